The van der Waals surface area contributed by atoms with Crippen LogP contribution in [0.2, 0.25) is 0 Å². The zero-order chi connectivity index (χ0) is 12.5. The number of hydrogen-bond acceptors (Lipinski definition) is 4. The van der Waals surface area contributed by atoms with Crippen LogP contribution >= 0.6 is 0 Å². The summed E-state index contributed by atoms with van der Waals surface area (Å²) in [7, 11) is 0. The van der Waals surface area contributed by atoms with E-state index in [1.807, 2.05) is 0 Å². The van der Waals surface area contributed by atoms with Crippen LogP contribution in [0.3, 0.4) is 0 Å². The minimum atomic E-state index is -4.93. The number of carbonyl (C=O) groups is 1. The van der Waals surface area contributed by atoms with Gasteiger partial charge in [-0.3, -0.25) is 0 Å². The van der Waals surface area contributed by atoms with Gasteiger partial charge in [0.25, 0.3) is 0 Å². The second kappa shape index (κ2) is 4.45. The van der Waals surface area contributed by atoms with Crippen LogP contribution in [0.1, 0.15) is 19.3 Å². The third-order valence-corrected chi connectivity index (χ3v) is 3.20. The predicted octanol–water partition coefficient (Wildman–Crippen LogP) is 1.00. The highest BCUT2D eigenvalue weighted by Gasteiger charge is 2.47. The highest BCUT2D eigenvalue weighted by molar-refractivity contribution is 5.75. The Hall–Kier alpha value is -0.820. The first-order valence-electron chi connectivity index (χ1n) is 5.54. The van der Waals surface area contributed by atoms with E-state index < -0.39 is 23.9 Å². The van der Waals surface area contributed by atoms with Gasteiger partial charge in [-0.25, -0.2) is 4.79 Å². The lowest BCUT2D eigenvalue weighted by atomic mass is 9.89. The topological polar surface area (TPSA) is 47.6 Å². The molecule has 0 aromatic rings. The number of halogens is 3. The van der Waals surface area contributed by atoms with Gasteiger partial charge < -0.3 is 14.8 Å². The third-order valence-electron chi connectivity index (χ3n) is 3.20. The van der Waals surface area contributed by atoms with Crippen LogP contribution in [0.25, 0.3) is 0 Å². The lowest BCUT2D eigenvalue weighted by molar-refractivity contribution is -0.204. The average molecular weight is 253 g/mol. The Balaban J connectivity index is 1.87. The Kier molecular flexibility index (Phi) is 3.31. The van der Waals surface area contributed by atoms with Crippen molar-refractivity contribution in [3.63, 3.8) is 0 Å². The molecule has 2 rings (SSSR count). The van der Waals surface area contributed by atoms with Crippen LogP contribution in [0.15, 0.2) is 0 Å². The van der Waals surface area contributed by atoms with E-state index in [1.165, 1.54) is 0 Å². The van der Waals surface area contributed by atoms with Crippen LogP contribution in [0.4, 0.5) is 13.2 Å². The molecule has 0 aromatic heterocycles. The summed E-state index contributed by atoms with van der Waals surface area (Å²) < 4.78 is 45.9. The van der Waals surface area contributed by atoms with E-state index >= 15 is 0 Å². The van der Waals surface area contributed by atoms with E-state index in [0.29, 0.717) is 6.42 Å². The Morgan fingerprint density at radius 3 is 2.59 bits per heavy atom. The van der Waals surface area contributed by atoms with Gasteiger partial charge in [0.05, 0.1) is 12.2 Å². The molecular weight excluding hydrogens is 239 g/mol. The molecule has 1 unspecified atom stereocenters. The first kappa shape index (κ1) is 12.6. The van der Waals surface area contributed by atoms with Crippen molar-refractivity contribution >= 4 is 5.97 Å². The molecule has 0 aromatic carbocycles. The monoisotopic (exact) mass is 253 g/mol. The van der Waals surface area contributed by atoms with E-state index in [4.69, 9.17) is 4.74 Å². The molecule has 2 aliphatic rings. The number of piperidine rings is 1. The number of hydrogen-bond donors (Lipinski definition) is 1. The van der Waals surface area contributed by atoms with Crippen molar-refractivity contribution in [2.75, 3.05) is 19.7 Å². The fraction of sp³-hybridized carbons (Fsp3) is 0.900. The van der Waals surface area contributed by atoms with Crippen LogP contribution in [-0.2, 0) is 14.3 Å². The molecule has 2 saturated heterocycles. The van der Waals surface area contributed by atoms with Crippen LogP contribution < -0.4 is 5.32 Å². The lowest BCUT2D eigenvalue weighted by Gasteiger charge is -2.32. The van der Waals surface area contributed by atoms with Crippen LogP contribution in [0, 0.1) is 0 Å². The van der Waals surface area contributed by atoms with Gasteiger partial charge in [0, 0.05) is 6.42 Å². The van der Waals surface area contributed by atoms with Crippen molar-refractivity contribution in [3.05, 3.63) is 0 Å². The molecule has 2 aliphatic heterocycles. The molecule has 0 aliphatic carbocycles. The molecule has 1 spiro atoms. The normalized spacial score (nSPS) is 28.3. The maximum Gasteiger partial charge on any atom is 0.490 e. The summed E-state index contributed by atoms with van der Waals surface area (Å²) in [6.45, 7) is 1.61. The van der Waals surface area contributed by atoms with E-state index in [1.54, 1.807) is 0 Å². The van der Waals surface area contributed by atoms with Crippen molar-refractivity contribution in [2.45, 2.75) is 37.1 Å². The number of carbonyl (C=O) groups excluding carboxylic acids is 1. The number of rotatable bonds is 1. The van der Waals surface area contributed by atoms with E-state index in [-0.39, 0.29) is 6.61 Å². The van der Waals surface area contributed by atoms with Crippen molar-refractivity contribution < 1.29 is 27.4 Å². The Labute approximate surface area is 96.4 Å². The smallest absolute Gasteiger partial charge is 0.453 e. The van der Waals surface area contributed by atoms with Gasteiger partial charge in [0.15, 0.2) is 0 Å². The SMILES string of the molecule is O=C(OC1COC2(CCNCC2)C1)C(F)(F)F. The molecule has 0 radical (unpaired) electrons. The average Bonchev–Trinajstić information content (AvgIpc) is 2.61. The fourth-order valence-corrected chi connectivity index (χ4v) is 2.33. The van der Waals surface area contributed by atoms with Gasteiger partial charge in [-0.2, -0.15) is 13.2 Å². The van der Waals surface area contributed by atoms with Crippen molar-refractivity contribution in [1.29, 1.82) is 0 Å². The fourth-order valence-electron chi connectivity index (χ4n) is 2.33. The Bertz CT molecular complexity index is 300. The Morgan fingerprint density at radius 2 is 2.00 bits per heavy atom. The number of alkyl halides is 3. The van der Waals surface area contributed by atoms with Gasteiger partial charge in [-0.05, 0) is 25.9 Å². The zero-order valence-electron chi connectivity index (χ0n) is 9.18. The van der Waals surface area contributed by atoms with Gasteiger partial charge in [-0.15, -0.1) is 0 Å². The molecule has 2 fully saturated rings. The predicted molar refractivity (Wildman–Crippen MR) is 51.3 cm³/mol. The first-order valence-corrected chi connectivity index (χ1v) is 5.54. The number of nitrogens with one attached hydrogen (secondary N) is 1. The van der Waals surface area contributed by atoms with E-state index in [0.717, 1.165) is 25.9 Å². The molecule has 1 atom stereocenters. The molecule has 7 heteroatoms. The molecule has 98 valence electrons. The lowest BCUT2D eigenvalue weighted by Crippen LogP contribution is -2.41. The quantitative estimate of drug-likeness (QED) is 0.708. The van der Waals surface area contributed by atoms with Crippen molar-refractivity contribution in [3.8, 4) is 0 Å². The van der Waals surface area contributed by atoms with Gasteiger partial charge >= 0.3 is 12.1 Å². The molecule has 0 bridgehead atoms. The van der Waals surface area contributed by atoms with Gasteiger partial charge in [0.1, 0.15) is 6.10 Å². The minimum absolute atomic E-state index is 0.0574. The Morgan fingerprint density at radius 1 is 1.35 bits per heavy atom. The summed E-state index contributed by atoms with van der Waals surface area (Å²) in [5, 5.41) is 3.15. The van der Waals surface area contributed by atoms with Crippen molar-refractivity contribution in [1.82, 2.24) is 5.32 Å². The molecule has 0 saturated carbocycles. The third kappa shape index (κ3) is 2.90. The maximum atomic E-state index is 12.0. The maximum absolute atomic E-state index is 12.0. The molecule has 17 heavy (non-hydrogen) atoms. The standard InChI is InChI=1S/C10H14F3NO3/c11-10(12,13)8(15)17-7-5-9(16-6-7)1-3-14-4-2-9/h7,14H,1-6H2. The summed E-state index contributed by atoms with van der Waals surface area (Å²) in [6.07, 6.45) is -3.86. The highest BCUT2D eigenvalue weighted by atomic mass is 19.4. The molecule has 4 nitrogen and oxygen atoms in total. The number of ether oxygens (including phenoxy) is 2. The number of esters is 1. The second-order valence-corrected chi connectivity index (χ2v) is 4.47. The highest BCUT2D eigenvalue weighted by Crippen LogP contribution is 2.35. The second-order valence-electron chi connectivity index (χ2n) is 4.47. The molecular formula is C10H14F3NO3. The molecule has 0 amide bonds. The first-order chi connectivity index (χ1) is 7.91. The van der Waals surface area contributed by atoms with Crippen LogP contribution in [-0.4, -0.2) is 43.5 Å². The van der Waals surface area contributed by atoms with Crippen molar-refractivity contribution in [2.24, 2.45) is 0 Å². The van der Waals surface area contributed by atoms with E-state index in [2.05, 4.69) is 10.1 Å². The zero-order valence-corrected chi connectivity index (χ0v) is 9.18. The summed E-state index contributed by atoms with van der Waals surface area (Å²) in [6, 6.07) is 0. The summed E-state index contributed by atoms with van der Waals surface area (Å²) >= 11 is 0. The summed E-state index contributed by atoms with van der Waals surface area (Å²) in [5.74, 6) is -2.13. The van der Waals surface area contributed by atoms with E-state index in [9.17, 15) is 18.0 Å². The summed E-state index contributed by atoms with van der Waals surface area (Å²) in [4.78, 5) is 10.7. The summed E-state index contributed by atoms with van der Waals surface area (Å²) in [5.41, 5.74) is -0.401. The van der Waals surface area contributed by atoms with Gasteiger partial charge in [-0.1, -0.05) is 0 Å². The van der Waals surface area contributed by atoms with Gasteiger partial charge in [0.2, 0.25) is 0 Å². The molecule has 1 N–H and O–H groups in total. The largest absolute Gasteiger partial charge is 0.490 e. The minimum Gasteiger partial charge on any atom is -0.453 e. The van der Waals surface area contributed by atoms with Crippen LogP contribution in [0.5, 0.6) is 0 Å². The molecule has 2 heterocycles.